The predicted molar refractivity (Wildman–Crippen MR) is 158 cm³/mol. The Morgan fingerprint density at radius 3 is 2.18 bits per heavy atom. The highest BCUT2D eigenvalue weighted by Crippen LogP contribution is 2.51. The summed E-state index contributed by atoms with van der Waals surface area (Å²) in [6, 6.07) is 19.6. The third-order valence-corrected chi connectivity index (χ3v) is 10.1. The molecule has 2 aliphatic carbocycles. The molecule has 2 aliphatic rings. The van der Waals surface area contributed by atoms with E-state index in [9.17, 15) is 9.00 Å². The fraction of sp³-hybridized carbons (Fsp3) is 0.438. The molecule has 206 valence electrons. The molecular formula is C32H39N3O3S. The summed E-state index contributed by atoms with van der Waals surface area (Å²) in [5.41, 5.74) is 3.78. The molecule has 3 aromatic rings. The van der Waals surface area contributed by atoms with Gasteiger partial charge >= 0.3 is 5.97 Å². The van der Waals surface area contributed by atoms with Crippen LogP contribution in [0.4, 0.5) is 17.2 Å². The van der Waals surface area contributed by atoms with Crippen LogP contribution in [0.15, 0.2) is 71.8 Å². The minimum Gasteiger partial charge on any atom is -0.465 e. The Morgan fingerprint density at radius 1 is 0.949 bits per heavy atom. The van der Waals surface area contributed by atoms with Crippen LogP contribution in [-0.2, 0) is 21.1 Å². The molecule has 0 aliphatic heterocycles. The van der Waals surface area contributed by atoms with E-state index in [-0.39, 0.29) is 5.41 Å². The molecular weight excluding hydrogens is 506 g/mol. The second-order valence-corrected chi connectivity index (χ2v) is 13.2. The van der Waals surface area contributed by atoms with Gasteiger partial charge in [-0.15, -0.1) is 0 Å². The van der Waals surface area contributed by atoms with Crippen molar-refractivity contribution >= 4 is 34.1 Å². The lowest BCUT2D eigenvalue weighted by atomic mass is 9.57. The molecule has 0 amide bonds. The van der Waals surface area contributed by atoms with Crippen LogP contribution in [0.1, 0.15) is 61.9 Å². The van der Waals surface area contributed by atoms with Crippen LogP contribution in [0, 0.1) is 17.8 Å². The van der Waals surface area contributed by atoms with Gasteiger partial charge in [0.25, 0.3) is 0 Å². The lowest BCUT2D eigenvalue weighted by Gasteiger charge is -2.47. The molecule has 3 atom stereocenters. The molecule has 0 radical (unpaired) electrons. The summed E-state index contributed by atoms with van der Waals surface area (Å²) < 4.78 is 20.2. The van der Waals surface area contributed by atoms with Gasteiger partial charge in [0.2, 0.25) is 0 Å². The number of anilines is 3. The molecule has 1 heterocycles. The number of aromatic nitrogens is 1. The number of carbonyl (C=O) groups is 1. The second-order valence-electron chi connectivity index (χ2n) is 11.7. The van der Waals surface area contributed by atoms with Gasteiger partial charge in [-0.05, 0) is 109 Å². The number of carbonyl (C=O) groups excluding carboxylic acids is 1. The lowest BCUT2D eigenvalue weighted by molar-refractivity contribution is 0.0601. The smallest absolute Gasteiger partial charge is 0.341 e. The van der Waals surface area contributed by atoms with E-state index < -0.39 is 17.0 Å². The minimum atomic E-state index is -1.36. The fourth-order valence-corrected chi connectivity index (χ4v) is 7.99. The minimum absolute atomic E-state index is 0.229. The average Bonchev–Trinajstić information content (AvgIpc) is 2.95. The first-order valence-corrected chi connectivity index (χ1v) is 14.9. The highest BCUT2D eigenvalue weighted by atomic mass is 32.2. The quantitative estimate of drug-likeness (QED) is 0.302. The van der Waals surface area contributed by atoms with Gasteiger partial charge in [-0.25, -0.2) is 14.0 Å². The molecule has 2 saturated carbocycles. The molecule has 39 heavy (non-hydrogen) atoms. The Hall–Kier alpha value is -3.19. The summed E-state index contributed by atoms with van der Waals surface area (Å²) in [7, 11) is 3.71. The number of ether oxygens (including phenoxy) is 1. The van der Waals surface area contributed by atoms with E-state index in [0.717, 1.165) is 29.1 Å². The zero-order chi connectivity index (χ0) is 27.7. The molecule has 2 aromatic carbocycles. The van der Waals surface area contributed by atoms with Crippen LogP contribution >= 0.6 is 0 Å². The van der Waals surface area contributed by atoms with Crippen molar-refractivity contribution in [3.05, 3.63) is 78.0 Å². The van der Waals surface area contributed by atoms with E-state index in [1.54, 1.807) is 18.3 Å². The molecule has 7 heteroatoms. The molecule has 2 bridgehead atoms. The number of benzene rings is 2. The maximum atomic E-state index is 13.4. The predicted octanol–water partition coefficient (Wildman–Crippen LogP) is 6.90. The topological polar surface area (TPSA) is 62.7 Å². The largest absolute Gasteiger partial charge is 0.465 e. The summed E-state index contributed by atoms with van der Waals surface area (Å²) >= 11 is 0. The molecule has 0 N–H and O–H groups in total. The van der Waals surface area contributed by atoms with E-state index >= 15 is 0 Å². The Morgan fingerprint density at radius 2 is 1.56 bits per heavy atom. The average molecular weight is 546 g/mol. The van der Waals surface area contributed by atoms with Crippen LogP contribution in [-0.4, -0.2) is 36.4 Å². The first kappa shape index (κ1) is 27.4. The molecule has 6 nitrogen and oxygen atoms in total. The first-order valence-electron chi connectivity index (χ1n) is 13.8. The third kappa shape index (κ3) is 5.60. The van der Waals surface area contributed by atoms with Gasteiger partial charge in [-0.1, -0.05) is 26.0 Å². The van der Waals surface area contributed by atoms with Crippen molar-refractivity contribution in [3.8, 4) is 0 Å². The van der Waals surface area contributed by atoms with Crippen molar-refractivity contribution in [1.82, 2.24) is 4.98 Å². The number of hydrogen-bond acceptors (Lipinski definition) is 5. The van der Waals surface area contributed by atoms with E-state index in [0.29, 0.717) is 16.3 Å². The maximum absolute atomic E-state index is 13.4. The lowest BCUT2D eigenvalue weighted by Crippen LogP contribution is -2.38. The number of rotatable bonds is 7. The molecule has 0 saturated heterocycles. The zero-order valence-electron chi connectivity index (χ0n) is 23.6. The summed E-state index contributed by atoms with van der Waals surface area (Å²) in [6.45, 7) is 4.86. The third-order valence-electron chi connectivity index (χ3n) is 8.73. The first-order chi connectivity index (χ1) is 18.7. The van der Waals surface area contributed by atoms with Crippen LogP contribution in [0.3, 0.4) is 0 Å². The van der Waals surface area contributed by atoms with Gasteiger partial charge in [-0.2, -0.15) is 0 Å². The fourth-order valence-electron chi connectivity index (χ4n) is 6.99. The van der Waals surface area contributed by atoms with Crippen molar-refractivity contribution in [2.75, 3.05) is 30.4 Å². The SMILES string of the molecule is COC(=O)c1cccnc1N(C)c1ccc(S(=O)N(C)c2ccc(C3(C)CC4CC(C)CC(C4)C3)cc2)cc1. The highest BCUT2D eigenvalue weighted by molar-refractivity contribution is 7.86. The Labute approximate surface area is 235 Å². The van der Waals surface area contributed by atoms with Gasteiger partial charge in [0.05, 0.1) is 12.0 Å². The van der Waals surface area contributed by atoms with Crippen molar-refractivity contribution in [1.29, 1.82) is 0 Å². The van der Waals surface area contributed by atoms with E-state index in [1.807, 2.05) is 47.6 Å². The van der Waals surface area contributed by atoms with Gasteiger partial charge in [0.1, 0.15) is 11.4 Å². The number of hydrogen-bond donors (Lipinski definition) is 0. The second kappa shape index (κ2) is 11.1. The number of nitrogens with zero attached hydrogens (tertiary/aromatic N) is 3. The van der Waals surface area contributed by atoms with Crippen LogP contribution < -0.4 is 9.21 Å². The van der Waals surface area contributed by atoms with Gasteiger partial charge in [0, 0.05) is 31.7 Å². The number of methoxy groups -OCH3 is 1. The van der Waals surface area contributed by atoms with Crippen LogP contribution in [0.25, 0.3) is 0 Å². The van der Waals surface area contributed by atoms with Crippen molar-refractivity contribution in [2.24, 2.45) is 17.8 Å². The molecule has 0 spiro atoms. The summed E-state index contributed by atoms with van der Waals surface area (Å²) in [5, 5.41) is 0. The summed E-state index contributed by atoms with van der Waals surface area (Å²) in [5.74, 6) is 2.62. The van der Waals surface area contributed by atoms with Gasteiger partial charge in [0.15, 0.2) is 11.0 Å². The number of esters is 1. The van der Waals surface area contributed by atoms with Gasteiger partial charge < -0.3 is 9.64 Å². The Bertz CT molecular complexity index is 1320. The van der Waals surface area contributed by atoms with Crippen LogP contribution in [0.5, 0.6) is 0 Å². The maximum Gasteiger partial charge on any atom is 0.341 e. The van der Waals surface area contributed by atoms with Crippen molar-refractivity contribution < 1.29 is 13.7 Å². The van der Waals surface area contributed by atoms with E-state index in [1.165, 1.54) is 44.8 Å². The Balaban J connectivity index is 1.28. The molecule has 3 unspecified atom stereocenters. The molecule has 2 fully saturated rings. The summed E-state index contributed by atoms with van der Waals surface area (Å²) in [6.07, 6.45) is 8.33. The van der Waals surface area contributed by atoms with Crippen molar-refractivity contribution in [2.45, 2.75) is 56.3 Å². The zero-order valence-corrected chi connectivity index (χ0v) is 24.4. The molecule has 1 aromatic heterocycles. The standard InChI is InChI=1S/C32H39N3O3S/c1-22-17-23-19-24(18-22)21-32(2,20-23)25-8-10-27(11-9-25)35(4)39(37)28-14-12-26(13-15-28)34(3)30-29(31(36)38-5)7-6-16-33-30/h6-16,22-24H,17-21H2,1-5H3. The normalized spacial score (nSPS) is 25.0. The number of fused-ring (bicyclic) bond motifs is 2. The number of pyridine rings is 1. The highest BCUT2D eigenvalue weighted by Gasteiger charge is 2.41. The van der Waals surface area contributed by atoms with Crippen LogP contribution in [0.2, 0.25) is 0 Å². The summed E-state index contributed by atoms with van der Waals surface area (Å²) in [4.78, 5) is 19.1. The van der Waals surface area contributed by atoms with Crippen molar-refractivity contribution in [3.63, 3.8) is 0 Å². The van der Waals surface area contributed by atoms with E-state index in [2.05, 4.69) is 43.1 Å². The van der Waals surface area contributed by atoms with Gasteiger partial charge in [-0.3, -0.25) is 4.31 Å². The molecule has 5 rings (SSSR count). The monoisotopic (exact) mass is 545 g/mol. The van der Waals surface area contributed by atoms with E-state index in [4.69, 9.17) is 4.74 Å². The Kier molecular flexibility index (Phi) is 7.81.